The summed E-state index contributed by atoms with van der Waals surface area (Å²) in [5.41, 5.74) is 8.06. The summed E-state index contributed by atoms with van der Waals surface area (Å²) in [6, 6.07) is 5.60. The SMILES string of the molecule is Cc1cc(-n2cncn2)ccc1C(=O)N(C)C(C)CN. The maximum Gasteiger partial charge on any atom is 0.254 e. The van der Waals surface area contributed by atoms with E-state index in [4.69, 9.17) is 5.73 Å². The van der Waals surface area contributed by atoms with Gasteiger partial charge in [-0.3, -0.25) is 4.79 Å². The van der Waals surface area contributed by atoms with Crippen LogP contribution in [0.4, 0.5) is 0 Å². The van der Waals surface area contributed by atoms with Gasteiger partial charge in [0.15, 0.2) is 0 Å². The Morgan fingerprint density at radius 1 is 1.50 bits per heavy atom. The Kier molecular flexibility index (Phi) is 4.14. The molecule has 2 aromatic rings. The predicted octanol–water partition coefficient (Wildman–Crippen LogP) is 0.995. The van der Waals surface area contributed by atoms with Crippen LogP contribution in [0.5, 0.6) is 0 Å². The molecule has 0 spiro atoms. The van der Waals surface area contributed by atoms with Crippen LogP contribution >= 0.6 is 0 Å². The van der Waals surface area contributed by atoms with Crippen molar-refractivity contribution in [2.75, 3.05) is 13.6 Å². The number of rotatable bonds is 4. The minimum Gasteiger partial charge on any atom is -0.338 e. The molecule has 1 unspecified atom stereocenters. The quantitative estimate of drug-likeness (QED) is 0.901. The Balaban J connectivity index is 2.28. The number of hydrogen-bond donors (Lipinski definition) is 1. The van der Waals surface area contributed by atoms with Gasteiger partial charge in [0, 0.05) is 25.2 Å². The number of carbonyl (C=O) groups is 1. The molecule has 0 fully saturated rings. The molecule has 2 rings (SSSR count). The van der Waals surface area contributed by atoms with E-state index in [0.717, 1.165) is 11.3 Å². The van der Waals surface area contributed by atoms with E-state index in [0.29, 0.717) is 12.1 Å². The first-order valence-corrected chi connectivity index (χ1v) is 6.47. The monoisotopic (exact) mass is 273 g/mol. The highest BCUT2D eigenvalue weighted by Crippen LogP contribution is 2.16. The normalized spacial score (nSPS) is 12.2. The van der Waals surface area contributed by atoms with Crippen LogP contribution in [0.1, 0.15) is 22.8 Å². The molecule has 6 heteroatoms. The lowest BCUT2D eigenvalue weighted by atomic mass is 10.1. The van der Waals surface area contributed by atoms with Gasteiger partial charge in [-0.1, -0.05) is 0 Å². The molecule has 0 radical (unpaired) electrons. The minimum absolute atomic E-state index is 0.0110. The fourth-order valence-corrected chi connectivity index (χ4v) is 1.92. The Morgan fingerprint density at radius 3 is 2.80 bits per heavy atom. The smallest absolute Gasteiger partial charge is 0.254 e. The van der Waals surface area contributed by atoms with E-state index < -0.39 is 0 Å². The molecule has 2 N–H and O–H groups in total. The fraction of sp³-hybridized carbons (Fsp3) is 0.357. The Labute approximate surface area is 118 Å². The summed E-state index contributed by atoms with van der Waals surface area (Å²) >= 11 is 0. The third-order valence-electron chi connectivity index (χ3n) is 3.45. The van der Waals surface area contributed by atoms with Crippen molar-refractivity contribution in [2.45, 2.75) is 19.9 Å². The molecule has 0 saturated carbocycles. The largest absolute Gasteiger partial charge is 0.338 e. The summed E-state index contributed by atoms with van der Waals surface area (Å²) in [4.78, 5) is 18.0. The van der Waals surface area contributed by atoms with E-state index in [9.17, 15) is 4.79 Å². The molecular weight excluding hydrogens is 254 g/mol. The molecule has 106 valence electrons. The van der Waals surface area contributed by atoms with Crippen molar-refractivity contribution in [1.82, 2.24) is 19.7 Å². The third-order valence-corrected chi connectivity index (χ3v) is 3.45. The van der Waals surface area contributed by atoms with Crippen molar-refractivity contribution in [3.05, 3.63) is 42.0 Å². The zero-order chi connectivity index (χ0) is 14.7. The van der Waals surface area contributed by atoms with Crippen molar-refractivity contribution in [1.29, 1.82) is 0 Å². The lowest BCUT2D eigenvalue weighted by molar-refractivity contribution is 0.0747. The molecule has 1 aromatic heterocycles. The van der Waals surface area contributed by atoms with E-state index in [2.05, 4.69) is 10.1 Å². The van der Waals surface area contributed by atoms with E-state index in [1.54, 1.807) is 23.0 Å². The molecule has 1 amide bonds. The van der Waals surface area contributed by atoms with Gasteiger partial charge in [0.25, 0.3) is 5.91 Å². The molecular formula is C14H19N5O. The molecule has 0 saturated heterocycles. The van der Waals surface area contributed by atoms with Crippen molar-refractivity contribution in [3.8, 4) is 5.69 Å². The zero-order valence-electron chi connectivity index (χ0n) is 11.9. The first-order valence-electron chi connectivity index (χ1n) is 6.47. The fourth-order valence-electron chi connectivity index (χ4n) is 1.92. The van der Waals surface area contributed by atoms with Crippen molar-refractivity contribution in [2.24, 2.45) is 5.73 Å². The molecule has 0 aliphatic rings. The van der Waals surface area contributed by atoms with Crippen LogP contribution in [-0.2, 0) is 0 Å². The molecule has 20 heavy (non-hydrogen) atoms. The molecule has 0 aliphatic carbocycles. The number of amides is 1. The van der Waals surface area contributed by atoms with Gasteiger partial charge >= 0.3 is 0 Å². The summed E-state index contributed by atoms with van der Waals surface area (Å²) in [5.74, 6) is -0.0226. The van der Waals surface area contributed by atoms with Gasteiger partial charge in [-0.05, 0) is 37.6 Å². The number of hydrogen-bond acceptors (Lipinski definition) is 4. The van der Waals surface area contributed by atoms with Crippen molar-refractivity contribution < 1.29 is 4.79 Å². The van der Waals surface area contributed by atoms with E-state index in [1.165, 1.54) is 6.33 Å². The molecule has 0 bridgehead atoms. The van der Waals surface area contributed by atoms with Gasteiger partial charge in [-0.25, -0.2) is 9.67 Å². The van der Waals surface area contributed by atoms with E-state index in [1.807, 2.05) is 32.0 Å². The Hall–Kier alpha value is -2.21. The number of aromatic nitrogens is 3. The first-order chi connectivity index (χ1) is 9.54. The lowest BCUT2D eigenvalue weighted by Gasteiger charge is -2.24. The molecule has 1 aromatic carbocycles. The lowest BCUT2D eigenvalue weighted by Crippen LogP contribution is -2.40. The van der Waals surface area contributed by atoms with Crippen LogP contribution in [0, 0.1) is 6.92 Å². The van der Waals surface area contributed by atoms with Crippen LogP contribution in [0.3, 0.4) is 0 Å². The summed E-state index contributed by atoms with van der Waals surface area (Å²) in [5, 5.41) is 4.07. The first kappa shape index (κ1) is 14.2. The number of benzene rings is 1. The maximum absolute atomic E-state index is 12.4. The number of aryl methyl sites for hydroxylation is 1. The van der Waals surface area contributed by atoms with Gasteiger partial charge < -0.3 is 10.6 Å². The van der Waals surface area contributed by atoms with Gasteiger partial charge in [0.05, 0.1) is 5.69 Å². The van der Waals surface area contributed by atoms with Crippen LogP contribution in [0.2, 0.25) is 0 Å². The van der Waals surface area contributed by atoms with Gasteiger partial charge in [0.2, 0.25) is 0 Å². The number of nitrogens with two attached hydrogens (primary N) is 1. The van der Waals surface area contributed by atoms with Crippen molar-refractivity contribution in [3.63, 3.8) is 0 Å². The number of nitrogens with zero attached hydrogens (tertiary/aromatic N) is 4. The van der Waals surface area contributed by atoms with Crippen LogP contribution in [-0.4, -0.2) is 45.2 Å². The Morgan fingerprint density at radius 2 is 2.25 bits per heavy atom. The highest BCUT2D eigenvalue weighted by Gasteiger charge is 2.18. The average molecular weight is 273 g/mol. The van der Waals surface area contributed by atoms with E-state index in [-0.39, 0.29) is 11.9 Å². The number of likely N-dealkylation sites (N-methyl/N-ethyl adjacent to an activating group) is 1. The van der Waals surface area contributed by atoms with Gasteiger partial charge in [-0.2, -0.15) is 5.10 Å². The summed E-state index contributed by atoms with van der Waals surface area (Å²) in [7, 11) is 1.77. The number of carbonyl (C=O) groups excluding carboxylic acids is 1. The van der Waals surface area contributed by atoms with Crippen LogP contribution in [0.15, 0.2) is 30.9 Å². The van der Waals surface area contributed by atoms with E-state index >= 15 is 0 Å². The zero-order valence-corrected chi connectivity index (χ0v) is 11.9. The highest BCUT2D eigenvalue weighted by molar-refractivity contribution is 5.95. The molecule has 1 heterocycles. The van der Waals surface area contributed by atoms with Gasteiger partial charge in [0.1, 0.15) is 12.7 Å². The second kappa shape index (κ2) is 5.83. The Bertz CT molecular complexity index is 594. The second-order valence-electron chi connectivity index (χ2n) is 4.84. The highest BCUT2D eigenvalue weighted by atomic mass is 16.2. The second-order valence-corrected chi connectivity index (χ2v) is 4.84. The standard InChI is InChI=1S/C14H19N5O/c1-10-6-12(19-9-16-8-17-19)4-5-13(10)14(20)18(3)11(2)7-15/h4-6,8-9,11H,7,15H2,1-3H3. The average Bonchev–Trinajstić information content (AvgIpc) is 2.99. The third kappa shape index (κ3) is 2.70. The molecule has 1 atom stereocenters. The summed E-state index contributed by atoms with van der Waals surface area (Å²) in [6.45, 7) is 4.28. The molecule has 0 aliphatic heterocycles. The van der Waals surface area contributed by atoms with Crippen molar-refractivity contribution >= 4 is 5.91 Å². The maximum atomic E-state index is 12.4. The molecule has 6 nitrogen and oxygen atoms in total. The topological polar surface area (TPSA) is 77.0 Å². The summed E-state index contributed by atoms with van der Waals surface area (Å²) < 4.78 is 1.66. The van der Waals surface area contributed by atoms with Crippen LogP contribution in [0.25, 0.3) is 5.69 Å². The predicted molar refractivity (Wildman–Crippen MR) is 76.7 cm³/mol. The van der Waals surface area contributed by atoms with Gasteiger partial charge in [-0.15, -0.1) is 0 Å². The summed E-state index contributed by atoms with van der Waals surface area (Å²) in [6.07, 6.45) is 3.10. The van der Waals surface area contributed by atoms with Crippen LogP contribution < -0.4 is 5.73 Å². The minimum atomic E-state index is -0.0226.